The van der Waals surface area contributed by atoms with Crippen LogP contribution >= 0.6 is 11.3 Å². The number of aryl methyl sites for hydroxylation is 1. The number of nitrogens with zero attached hydrogens (tertiary/aromatic N) is 5. The lowest BCUT2D eigenvalue weighted by atomic mass is 10.4. The van der Waals surface area contributed by atoms with Gasteiger partial charge in [0.05, 0.1) is 18.8 Å². The standard InChI is InChI=1S/C12H11F3N6OS/c1-6-2-8(16-3-9-18-7(4-22)5-23-9)21-11(17-6)19-10(20-21)12(13,14)15/h2,5,16,22H,3-4H2,1H3. The quantitative estimate of drug-likeness (QED) is 0.753. The van der Waals surface area contributed by atoms with Crippen molar-refractivity contribution in [2.24, 2.45) is 0 Å². The average molecular weight is 344 g/mol. The van der Waals surface area contributed by atoms with E-state index < -0.39 is 12.0 Å². The molecule has 7 nitrogen and oxygen atoms in total. The summed E-state index contributed by atoms with van der Waals surface area (Å²) in [4.78, 5) is 11.5. The number of anilines is 1. The topological polar surface area (TPSA) is 88.2 Å². The third-order valence-electron chi connectivity index (χ3n) is 2.88. The van der Waals surface area contributed by atoms with Gasteiger partial charge in [-0.25, -0.2) is 9.97 Å². The minimum atomic E-state index is -4.63. The van der Waals surface area contributed by atoms with Gasteiger partial charge >= 0.3 is 6.18 Å². The highest BCUT2D eigenvalue weighted by molar-refractivity contribution is 7.09. The van der Waals surface area contributed by atoms with E-state index in [9.17, 15) is 13.2 Å². The number of nitrogens with one attached hydrogen (secondary N) is 1. The van der Waals surface area contributed by atoms with Crippen LogP contribution < -0.4 is 5.32 Å². The van der Waals surface area contributed by atoms with Gasteiger partial charge in [0.2, 0.25) is 0 Å². The largest absolute Gasteiger partial charge is 0.453 e. The first-order valence-corrected chi connectivity index (χ1v) is 7.34. The van der Waals surface area contributed by atoms with Crippen molar-refractivity contribution in [3.8, 4) is 0 Å². The SMILES string of the molecule is Cc1cc(NCc2nc(CO)cs2)n2nc(C(F)(F)F)nc2n1. The number of aliphatic hydroxyl groups is 1. The second-order valence-corrected chi connectivity index (χ2v) is 5.61. The molecule has 3 rings (SSSR count). The summed E-state index contributed by atoms with van der Waals surface area (Å²) < 4.78 is 39.2. The van der Waals surface area contributed by atoms with Gasteiger partial charge in [0.1, 0.15) is 10.8 Å². The summed E-state index contributed by atoms with van der Waals surface area (Å²) in [6, 6.07) is 1.57. The van der Waals surface area contributed by atoms with Crippen molar-refractivity contribution in [2.75, 3.05) is 5.32 Å². The maximum absolute atomic E-state index is 12.7. The number of hydrogen-bond donors (Lipinski definition) is 2. The highest BCUT2D eigenvalue weighted by Crippen LogP contribution is 2.27. The van der Waals surface area contributed by atoms with Gasteiger partial charge in [0.25, 0.3) is 11.6 Å². The number of hydrogen-bond acceptors (Lipinski definition) is 7. The Kier molecular flexibility index (Phi) is 3.90. The molecule has 0 fully saturated rings. The molecule has 0 saturated carbocycles. The van der Waals surface area contributed by atoms with Crippen molar-refractivity contribution >= 4 is 22.9 Å². The van der Waals surface area contributed by atoms with E-state index in [0.717, 1.165) is 4.52 Å². The molecule has 0 atom stereocenters. The molecule has 122 valence electrons. The molecule has 23 heavy (non-hydrogen) atoms. The molecule has 3 aromatic heterocycles. The van der Waals surface area contributed by atoms with Gasteiger partial charge in [-0.15, -0.1) is 16.4 Å². The van der Waals surface area contributed by atoms with Crippen LogP contribution in [-0.4, -0.2) is 29.7 Å². The molecule has 0 saturated heterocycles. The molecular formula is C12H11F3N6OS. The molecule has 0 amide bonds. The molecule has 2 N–H and O–H groups in total. The zero-order valence-corrected chi connectivity index (χ0v) is 12.6. The van der Waals surface area contributed by atoms with Gasteiger partial charge in [-0.3, -0.25) is 0 Å². The maximum atomic E-state index is 12.7. The van der Waals surface area contributed by atoms with Crippen LogP contribution in [0.5, 0.6) is 0 Å². The maximum Gasteiger partial charge on any atom is 0.453 e. The Bertz CT molecular complexity index is 843. The summed E-state index contributed by atoms with van der Waals surface area (Å²) in [6.45, 7) is 1.78. The zero-order valence-electron chi connectivity index (χ0n) is 11.8. The fraction of sp³-hybridized carbons (Fsp3) is 0.333. The van der Waals surface area contributed by atoms with Crippen LogP contribution in [-0.2, 0) is 19.3 Å². The summed E-state index contributed by atoms with van der Waals surface area (Å²) in [7, 11) is 0. The van der Waals surface area contributed by atoms with E-state index in [0.29, 0.717) is 22.2 Å². The Labute approximate surface area is 131 Å². The van der Waals surface area contributed by atoms with Gasteiger partial charge in [0, 0.05) is 17.1 Å². The van der Waals surface area contributed by atoms with Crippen molar-refractivity contribution in [3.63, 3.8) is 0 Å². The second kappa shape index (κ2) is 5.74. The second-order valence-electron chi connectivity index (χ2n) is 4.67. The number of halogens is 3. The number of aliphatic hydroxyl groups excluding tert-OH is 1. The van der Waals surface area contributed by atoms with Gasteiger partial charge in [-0.2, -0.15) is 22.7 Å². The highest BCUT2D eigenvalue weighted by Gasteiger charge is 2.36. The lowest BCUT2D eigenvalue weighted by Crippen LogP contribution is -2.09. The van der Waals surface area contributed by atoms with Gasteiger partial charge in [0.15, 0.2) is 0 Å². The lowest BCUT2D eigenvalue weighted by Gasteiger charge is -2.06. The third kappa shape index (κ3) is 3.24. The summed E-state index contributed by atoms with van der Waals surface area (Å²) >= 11 is 1.34. The number of alkyl halides is 3. The molecule has 3 aromatic rings. The Morgan fingerprint density at radius 3 is 2.74 bits per heavy atom. The smallest absolute Gasteiger partial charge is 0.390 e. The monoisotopic (exact) mass is 344 g/mol. The molecule has 0 bridgehead atoms. The van der Waals surface area contributed by atoms with Gasteiger partial charge in [-0.05, 0) is 6.92 Å². The fourth-order valence-electron chi connectivity index (χ4n) is 1.90. The van der Waals surface area contributed by atoms with Gasteiger partial charge in [-0.1, -0.05) is 0 Å². The van der Waals surface area contributed by atoms with E-state index in [1.54, 1.807) is 18.4 Å². The Balaban J connectivity index is 1.91. The van der Waals surface area contributed by atoms with E-state index in [2.05, 4.69) is 25.4 Å². The van der Waals surface area contributed by atoms with Crippen LogP contribution in [0.3, 0.4) is 0 Å². The molecule has 0 aliphatic carbocycles. The van der Waals surface area contributed by atoms with Crippen LogP contribution in [0.4, 0.5) is 19.0 Å². The van der Waals surface area contributed by atoms with Crippen molar-refractivity contribution in [1.82, 2.24) is 24.6 Å². The van der Waals surface area contributed by atoms with Crippen LogP contribution in [0, 0.1) is 6.92 Å². The van der Waals surface area contributed by atoms with Crippen LogP contribution in [0.25, 0.3) is 5.78 Å². The molecule has 0 spiro atoms. The molecule has 0 radical (unpaired) electrons. The first-order valence-electron chi connectivity index (χ1n) is 6.46. The van der Waals surface area contributed by atoms with Crippen LogP contribution in [0.1, 0.15) is 22.2 Å². The third-order valence-corrected chi connectivity index (χ3v) is 3.77. The van der Waals surface area contributed by atoms with E-state index in [-0.39, 0.29) is 18.9 Å². The van der Waals surface area contributed by atoms with Crippen molar-refractivity contribution < 1.29 is 18.3 Å². The van der Waals surface area contributed by atoms with E-state index in [1.165, 1.54) is 11.3 Å². The zero-order chi connectivity index (χ0) is 16.6. The molecule has 0 aliphatic heterocycles. The molecule has 0 unspecified atom stereocenters. The summed E-state index contributed by atoms with van der Waals surface area (Å²) in [5.41, 5.74) is 1.05. The van der Waals surface area contributed by atoms with E-state index >= 15 is 0 Å². The fourth-order valence-corrected chi connectivity index (χ4v) is 2.63. The summed E-state index contributed by atoms with van der Waals surface area (Å²) in [5.74, 6) is -1.04. The molecule has 0 aromatic carbocycles. The summed E-state index contributed by atoms with van der Waals surface area (Å²) in [5, 5.41) is 17.8. The predicted octanol–water partition coefficient (Wildman–Crippen LogP) is 2.01. The van der Waals surface area contributed by atoms with Crippen LogP contribution in [0.2, 0.25) is 0 Å². The summed E-state index contributed by atoms with van der Waals surface area (Å²) in [6.07, 6.45) is -4.63. The molecular weight excluding hydrogens is 333 g/mol. The van der Waals surface area contributed by atoms with Crippen molar-refractivity contribution in [3.05, 3.63) is 33.7 Å². The molecule has 11 heteroatoms. The minimum absolute atomic E-state index is 0.130. The Morgan fingerprint density at radius 2 is 2.09 bits per heavy atom. The number of aromatic nitrogens is 5. The predicted molar refractivity (Wildman–Crippen MR) is 75.9 cm³/mol. The molecule has 0 aliphatic rings. The van der Waals surface area contributed by atoms with Crippen molar-refractivity contribution in [2.45, 2.75) is 26.3 Å². The Hall–Kier alpha value is -2.27. The first-order chi connectivity index (χ1) is 10.9. The van der Waals surface area contributed by atoms with Crippen molar-refractivity contribution in [1.29, 1.82) is 0 Å². The van der Waals surface area contributed by atoms with Crippen LogP contribution in [0.15, 0.2) is 11.4 Å². The first kappa shape index (κ1) is 15.6. The normalized spacial score (nSPS) is 12.0. The number of rotatable bonds is 4. The number of thiazole rings is 1. The Morgan fingerprint density at radius 1 is 1.30 bits per heavy atom. The minimum Gasteiger partial charge on any atom is -0.390 e. The van der Waals surface area contributed by atoms with E-state index in [1.807, 2.05) is 0 Å². The lowest BCUT2D eigenvalue weighted by molar-refractivity contribution is -0.144. The highest BCUT2D eigenvalue weighted by atomic mass is 32.1. The number of fused-ring (bicyclic) bond motifs is 1. The van der Waals surface area contributed by atoms with E-state index in [4.69, 9.17) is 5.11 Å². The molecule has 3 heterocycles. The average Bonchev–Trinajstić information content (AvgIpc) is 3.10. The van der Waals surface area contributed by atoms with Gasteiger partial charge < -0.3 is 10.4 Å².